The van der Waals surface area contributed by atoms with Crippen molar-refractivity contribution in [2.75, 3.05) is 0 Å². The van der Waals surface area contributed by atoms with Crippen molar-refractivity contribution in [1.29, 1.82) is 0 Å². The predicted molar refractivity (Wildman–Crippen MR) is 31.6 cm³/mol. The van der Waals surface area contributed by atoms with Crippen LogP contribution in [0.15, 0.2) is 0 Å². The van der Waals surface area contributed by atoms with E-state index in [1.165, 1.54) is 0 Å². The molecule has 0 aromatic rings. The van der Waals surface area contributed by atoms with E-state index in [0.717, 1.165) is 0 Å². The predicted octanol–water partition coefficient (Wildman–Crippen LogP) is 1.18. The van der Waals surface area contributed by atoms with Gasteiger partial charge in [-0.05, 0) is 0 Å². The molecule has 0 amide bonds. The maximum atomic E-state index is 9.75. The SMILES string of the molecule is FC(F)F.F[B-](F)(F)F.[LiH].[LiH]. The van der Waals surface area contributed by atoms with E-state index < -0.39 is 13.9 Å². The third kappa shape index (κ3) is 1400. The average molecular weight is 173 g/mol. The summed E-state index contributed by atoms with van der Waals surface area (Å²) in [6.07, 6.45) is 0. The summed E-state index contributed by atoms with van der Waals surface area (Å²) < 4.78 is 68.0. The molecule has 0 atom stereocenters. The number of hydrogen-bond acceptors (Lipinski definition) is 0. The van der Waals surface area contributed by atoms with E-state index in [1.807, 2.05) is 0 Å². The molecule has 0 radical (unpaired) electrons. The van der Waals surface area contributed by atoms with Gasteiger partial charge in [0.2, 0.25) is 0 Å². The topological polar surface area (TPSA) is 0 Å². The van der Waals surface area contributed by atoms with Crippen LogP contribution in [0.3, 0.4) is 0 Å². The molecule has 0 aromatic heterocycles. The molecular weight excluding hydrogens is 170 g/mol. The summed E-state index contributed by atoms with van der Waals surface area (Å²) in [6, 6.07) is 0. The quantitative estimate of drug-likeness (QED) is 0.381. The third-order valence-corrected chi connectivity index (χ3v) is 0. The molecule has 0 aliphatic rings. The van der Waals surface area contributed by atoms with E-state index >= 15 is 0 Å². The first kappa shape index (κ1) is 22.6. The zero-order valence-corrected chi connectivity index (χ0v) is 3.80. The molecular formula is CH3BF7Li2-. The van der Waals surface area contributed by atoms with Gasteiger partial charge in [0.25, 0.3) is 0 Å². The fourth-order valence-electron chi connectivity index (χ4n) is 0. The Morgan fingerprint density at radius 1 is 0.727 bits per heavy atom. The molecule has 0 spiro atoms. The Balaban J connectivity index is -0.0000000383. The average Bonchev–Trinajstić information content (AvgIpc) is 1.19. The van der Waals surface area contributed by atoms with Gasteiger partial charge in [-0.1, -0.05) is 0 Å². The molecule has 0 bridgehead atoms. The Morgan fingerprint density at radius 2 is 0.727 bits per heavy atom. The molecule has 0 rings (SSSR count). The summed E-state index contributed by atoms with van der Waals surface area (Å²) in [7, 11) is -6.00. The molecule has 11 heavy (non-hydrogen) atoms. The Kier molecular flexibility index (Phi) is 22.1. The number of hydrogen-bond donors (Lipinski definition) is 0. The van der Waals surface area contributed by atoms with Gasteiger partial charge in [0.05, 0.1) is 0 Å². The molecule has 0 aromatic carbocycles. The zero-order chi connectivity index (χ0) is 8.08. The van der Waals surface area contributed by atoms with Gasteiger partial charge in [-0.2, -0.15) is 13.2 Å². The summed E-state index contributed by atoms with van der Waals surface area (Å²) in [4.78, 5) is 0. The zero-order valence-electron chi connectivity index (χ0n) is 3.80. The number of halogens is 7. The van der Waals surface area contributed by atoms with Gasteiger partial charge < -0.3 is 17.3 Å². The van der Waals surface area contributed by atoms with Crippen molar-refractivity contribution in [1.82, 2.24) is 0 Å². The molecule has 62 valence electrons. The van der Waals surface area contributed by atoms with Crippen LogP contribution in [-0.2, 0) is 0 Å². The van der Waals surface area contributed by atoms with Crippen molar-refractivity contribution in [3.63, 3.8) is 0 Å². The molecule has 0 fully saturated rings. The van der Waals surface area contributed by atoms with E-state index in [4.69, 9.17) is 0 Å². The molecule has 0 saturated carbocycles. The Hall–Kier alpha value is 0.770. The standard InChI is InChI=1S/CHF3.BF4.2Li.2H/c2-1(3)4;2-1(3,4)5;;;;/h1H;;;;;/q;-1;;;;. The first-order valence-electron chi connectivity index (χ1n) is 1.53. The Labute approximate surface area is 82.4 Å². The van der Waals surface area contributed by atoms with Gasteiger partial charge >= 0.3 is 51.7 Å². The summed E-state index contributed by atoms with van der Waals surface area (Å²) in [5.41, 5.74) is 0. The van der Waals surface area contributed by atoms with Crippen LogP contribution in [0.5, 0.6) is 0 Å². The van der Waals surface area contributed by atoms with Crippen molar-refractivity contribution < 1.29 is 30.4 Å². The second-order valence-electron chi connectivity index (χ2n) is 0.742. The van der Waals surface area contributed by atoms with E-state index in [9.17, 15) is 30.4 Å². The fourth-order valence-corrected chi connectivity index (χ4v) is 0. The van der Waals surface area contributed by atoms with E-state index in [0.29, 0.717) is 0 Å². The van der Waals surface area contributed by atoms with Crippen molar-refractivity contribution >= 4 is 45.0 Å². The fraction of sp³-hybridized carbons (Fsp3) is 1.00. The number of alkyl halides is 3. The minimum atomic E-state index is -6.00. The van der Waals surface area contributed by atoms with Gasteiger partial charge in [-0.25, -0.2) is 0 Å². The van der Waals surface area contributed by atoms with Crippen LogP contribution in [0, 0.1) is 0 Å². The second-order valence-corrected chi connectivity index (χ2v) is 0.742. The molecule has 0 saturated heterocycles. The molecule has 0 N–H and O–H groups in total. The third-order valence-electron chi connectivity index (χ3n) is 0. The van der Waals surface area contributed by atoms with Crippen LogP contribution in [0.1, 0.15) is 0 Å². The minimum absolute atomic E-state index is 0. The van der Waals surface area contributed by atoms with Crippen molar-refractivity contribution in [3.8, 4) is 0 Å². The summed E-state index contributed by atoms with van der Waals surface area (Å²) in [5.74, 6) is 0. The first-order valence-corrected chi connectivity index (χ1v) is 1.53. The van der Waals surface area contributed by atoms with Crippen LogP contribution in [0.4, 0.5) is 30.4 Å². The van der Waals surface area contributed by atoms with Crippen LogP contribution < -0.4 is 0 Å². The van der Waals surface area contributed by atoms with Crippen molar-refractivity contribution in [2.24, 2.45) is 0 Å². The summed E-state index contributed by atoms with van der Waals surface area (Å²) >= 11 is 0. The van der Waals surface area contributed by atoms with Crippen molar-refractivity contribution in [2.45, 2.75) is 6.68 Å². The van der Waals surface area contributed by atoms with Gasteiger partial charge in [-0.3, -0.25) is 0 Å². The van der Waals surface area contributed by atoms with Crippen LogP contribution in [0.25, 0.3) is 0 Å². The van der Waals surface area contributed by atoms with Crippen LogP contribution >= 0.6 is 0 Å². The molecule has 0 aliphatic heterocycles. The Morgan fingerprint density at radius 3 is 0.727 bits per heavy atom. The van der Waals surface area contributed by atoms with E-state index in [2.05, 4.69) is 0 Å². The molecule has 0 aliphatic carbocycles. The van der Waals surface area contributed by atoms with Crippen molar-refractivity contribution in [3.05, 3.63) is 0 Å². The van der Waals surface area contributed by atoms with Crippen LogP contribution in [-0.4, -0.2) is 51.7 Å². The monoisotopic (exact) mass is 173 g/mol. The molecule has 0 heterocycles. The van der Waals surface area contributed by atoms with Gasteiger partial charge in [0.15, 0.2) is 0 Å². The molecule has 0 unspecified atom stereocenters. The van der Waals surface area contributed by atoms with Gasteiger partial charge in [0.1, 0.15) is 0 Å². The second kappa shape index (κ2) is 10.8. The Bertz CT molecular complexity index is 53.2. The van der Waals surface area contributed by atoms with Gasteiger partial charge in [-0.15, -0.1) is 0 Å². The van der Waals surface area contributed by atoms with Gasteiger partial charge in [0, 0.05) is 0 Å². The first-order chi connectivity index (χ1) is 3.73. The van der Waals surface area contributed by atoms with E-state index in [1.54, 1.807) is 0 Å². The summed E-state index contributed by atoms with van der Waals surface area (Å²) in [5, 5.41) is 0. The molecule has 10 heteroatoms. The maximum absolute atomic E-state index is 9.75. The summed E-state index contributed by atoms with van der Waals surface area (Å²) in [6.45, 7) is -3.67. The number of rotatable bonds is 0. The normalized spacial score (nSPS) is 8.73. The van der Waals surface area contributed by atoms with Crippen LogP contribution in [0.2, 0.25) is 0 Å². The molecule has 0 nitrogen and oxygen atoms in total. The van der Waals surface area contributed by atoms with E-state index in [-0.39, 0.29) is 37.7 Å².